The standard InChI is InChI=1S/C11H13NO3/c1-5-9(11(13)14)15-10(12-5)8-6-3-2-4-7(6)8/h6-8H,2-4H2,1H3,(H,13,14). The lowest BCUT2D eigenvalue weighted by molar-refractivity contribution is 0.0659. The van der Waals surface area contributed by atoms with E-state index in [1.807, 2.05) is 0 Å². The van der Waals surface area contributed by atoms with Crippen molar-refractivity contribution in [2.24, 2.45) is 11.8 Å². The van der Waals surface area contributed by atoms with Gasteiger partial charge in [0.25, 0.3) is 0 Å². The van der Waals surface area contributed by atoms with Crippen LogP contribution in [-0.4, -0.2) is 16.1 Å². The third-order valence-corrected chi connectivity index (χ3v) is 3.70. The van der Waals surface area contributed by atoms with Crippen LogP contribution in [0.15, 0.2) is 4.42 Å². The number of fused-ring (bicyclic) bond motifs is 1. The van der Waals surface area contributed by atoms with E-state index in [1.54, 1.807) is 6.92 Å². The van der Waals surface area contributed by atoms with Gasteiger partial charge in [0.1, 0.15) is 0 Å². The Labute approximate surface area is 87.3 Å². The van der Waals surface area contributed by atoms with E-state index in [-0.39, 0.29) is 5.76 Å². The van der Waals surface area contributed by atoms with Crippen LogP contribution >= 0.6 is 0 Å². The molecule has 1 N–H and O–H groups in total. The van der Waals surface area contributed by atoms with Crippen LogP contribution in [-0.2, 0) is 0 Å². The van der Waals surface area contributed by atoms with Crippen molar-refractivity contribution in [3.8, 4) is 0 Å². The molecule has 0 bridgehead atoms. The zero-order valence-corrected chi connectivity index (χ0v) is 8.56. The topological polar surface area (TPSA) is 63.3 Å². The van der Waals surface area contributed by atoms with Gasteiger partial charge in [0, 0.05) is 5.92 Å². The highest BCUT2D eigenvalue weighted by molar-refractivity contribution is 5.85. The lowest BCUT2D eigenvalue weighted by Gasteiger charge is -1.96. The maximum atomic E-state index is 10.8. The van der Waals surface area contributed by atoms with Crippen molar-refractivity contribution < 1.29 is 14.3 Å². The smallest absolute Gasteiger partial charge is 0.373 e. The first kappa shape index (κ1) is 8.95. The predicted octanol–water partition coefficient (Wildman–Crippen LogP) is 2.19. The third-order valence-electron chi connectivity index (χ3n) is 3.70. The molecule has 2 saturated carbocycles. The molecule has 2 fully saturated rings. The number of aromatic nitrogens is 1. The first-order valence-electron chi connectivity index (χ1n) is 5.39. The van der Waals surface area contributed by atoms with E-state index in [1.165, 1.54) is 19.3 Å². The maximum Gasteiger partial charge on any atom is 0.373 e. The fourth-order valence-electron chi connectivity index (χ4n) is 2.95. The van der Waals surface area contributed by atoms with Gasteiger partial charge in [-0.3, -0.25) is 0 Å². The van der Waals surface area contributed by atoms with Gasteiger partial charge in [0.2, 0.25) is 5.76 Å². The lowest BCUT2D eigenvalue weighted by Crippen LogP contribution is -1.95. The molecule has 80 valence electrons. The molecule has 2 unspecified atom stereocenters. The van der Waals surface area contributed by atoms with Crippen LogP contribution in [0.4, 0.5) is 0 Å². The number of oxazole rings is 1. The largest absolute Gasteiger partial charge is 0.475 e. The van der Waals surface area contributed by atoms with Gasteiger partial charge in [0.15, 0.2) is 5.89 Å². The third kappa shape index (κ3) is 1.20. The van der Waals surface area contributed by atoms with E-state index in [4.69, 9.17) is 9.52 Å². The van der Waals surface area contributed by atoms with Gasteiger partial charge in [-0.1, -0.05) is 6.42 Å². The molecule has 2 aliphatic rings. The molecule has 0 aliphatic heterocycles. The highest BCUT2D eigenvalue weighted by atomic mass is 16.4. The minimum atomic E-state index is -1.02. The second-order valence-corrected chi connectivity index (χ2v) is 4.56. The molecule has 0 spiro atoms. The molecule has 0 saturated heterocycles. The summed E-state index contributed by atoms with van der Waals surface area (Å²) in [5.41, 5.74) is 0.502. The number of aromatic carboxylic acids is 1. The van der Waals surface area contributed by atoms with Crippen molar-refractivity contribution in [1.82, 2.24) is 4.98 Å². The molecule has 0 aromatic carbocycles. The zero-order chi connectivity index (χ0) is 10.6. The number of carboxylic acid groups (broad SMARTS) is 1. The zero-order valence-electron chi connectivity index (χ0n) is 8.56. The summed E-state index contributed by atoms with van der Waals surface area (Å²) in [5.74, 6) is 1.48. The Bertz CT molecular complexity index is 413. The van der Waals surface area contributed by atoms with Gasteiger partial charge < -0.3 is 9.52 Å². The minimum Gasteiger partial charge on any atom is -0.475 e. The summed E-state index contributed by atoms with van der Waals surface area (Å²) in [6, 6.07) is 0. The number of nitrogens with zero attached hydrogens (tertiary/aromatic N) is 1. The molecular formula is C11H13NO3. The molecule has 3 rings (SSSR count). The average Bonchev–Trinajstić information content (AvgIpc) is 2.62. The van der Waals surface area contributed by atoms with E-state index < -0.39 is 5.97 Å². The number of rotatable bonds is 2. The lowest BCUT2D eigenvalue weighted by atomic mass is 10.1. The Morgan fingerprint density at radius 1 is 1.47 bits per heavy atom. The minimum absolute atomic E-state index is 0.00923. The number of hydrogen-bond acceptors (Lipinski definition) is 3. The first-order chi connectivity index (χ1) is 7.18. The van der Waals surface area contributed by atoms with Gasteiger partial charge in [-0.25, -0.2) is 9.78 Å². The molecule has 4 heteroatoms. The van der Waals surface area contributed by atoms with Crippen LogP contribution in [0, 0.1) is 18.8 Å². The highest BCUT2D eigenvalue weighted by Gasteiger charge is 2.56. The molecule has 1 aromatic heterocycles. The van der Waals surface area contributed by atoms with Crippen molar-refractivity contribution in [2.75, 3.05) is 0 Å². The molecule has 15 heavy (non-hydrogen) atoms. The van der Waals surface area contributed by atoms with Crippen molar-refractivity contribution in [3.63, 3.8) is 0 Å². The molecular weight excluding hydrogens is 194 g/mol. The Balaban J connectivity index is 1.88. The van der Waals surface area contributed by atoms with E-state index in [9.17, 15) is 4.79 Å². The molecule has 0 radical (unpaired) electrons. The summed E-state index contributed by atoms with van der Waals surface area (Å²) in [7, 11) is 0. The number of aryl methyl sites for hydroxylation is 1. The first-order valence-corrected chi connectivity index (χ1v) is 5.39. The van der Waals surface area contributed by atoms with Crippen molar-refractivity contribution in [3.05, 3.63) is 17.3 Å². The number of carbonyl (C=O) groups is 1. The van der Waals surface area contributed by atoms with Crippen LogP contribution in [0.5, 0.6) is 0 Å². The molecule has 0 amide bonds. The highest BCUT2D eigenvalue weighted by Crippen LogP contribution is 2.62. The van der Waals surface area contributed by atoms with Crippen LogP contribution in [0.3, 0.4) is 0 Å². The Hall–Kier alpha value is -1.32. The fourth-order valence-corrected chi connectivity index (χ4v) is 2.95. The molecule has 1 heterocycles. The predicted molar refractivity (Wildman–Crippen MR) is 51.8 cm³/mol. The van der Waals surface area contributed by atoms with E-state index in [2.05, 4.69) is 4.98 Å². The summed E-state index contributed by atoms with van der Waals surface area (Å²) in [5, 5.41) is 8.85. The van der Waals surface area contributed by atoms with Crippen molar-refractivity contribution >= 4 is 5.97 Å². The summed E-state index contributed by atoms with van der Waals surface area (Å²) in [6.45, 7) is 1.69. The summed E-state index contributed by atoms with van der Waals surface area (Å²) in [4.78, 5) is 15.0. The van der Waals surface area contributed by atoms with Crippen LogP contribution in [0.1, 0.15) is 47.3 Å². The molecule has 1 aromatic rings. The van der Waals surface area contributed by atoms with Crippen LogP contribution in [0.2, 0.25) is 0 Å². The van der Waals surface area contributed by atoms with Crippen molar-refractivity contribution in [2.45, 2.75) is 32.1 Å². The number of carboxylic acids is 1. The van der Waals surface area contributed by atoms with Crippen LogP contribution < -0.4 is 0 Å². The second kappa shape index (κ2) is 2.84. The van der Waals surface area contributed by atoms with E-state index in [0.717, 1.165) is 0 Å². The fraction of sp³-hybridized carbons (Fsp3) is 0.636. The monoisotopic (exact) mass is 207 g/mol. The number of hydrogen-bond donors (Lipinski definition) is 1. The SMILES string of the molecule is Cc1nc(C2C3CCCC32)oc1C(=O)O. The maximum absolute atomic E-state index is 10.8. The summed E-state index contributed by atoms with van der Waals surface area (Å²) in [6.07, 6.45) is 3.80. The average molecular weight is 207 g/mol. The summed E-state index contributed by atoms with van der Waals surface area (Å²) < 4.78 is 5.33. The van der Waals surface area contributed by atoms with E-state index >= 15 is 0 Å². The van der Waals surface area contributed by atoms with Crippen molar-refractivity contribution in [1.29, 1.82) is 0 Å². The Morgan fingerprint density at radius 3 is 2.67 bits per heavy atom. The van der Waals surface area contributed by atoms with Gasteiger partial charge in [-0.05, 0) is 31.6 Å². The van der Waals surface area contributed by atoms with Gasteiger partial charge in [0.05, 0.1) is 5.69 Å². The Morgan fingerprint density at radius 2 is 2.13 bits per heavy atom. The Kier molecular flexibility index (Phi) is 1.69. The second-order valence-electron chi connectivity index (χ2n) is 4.56. The summed E-state index contributed by atoms with van der Waals surface area (Å²) >= 11 is 0. The normalized spacial score (nSPS) is 32.7. The molecule has 2 atom stereocenters. The van der Waals surface area contributed by atoms with Gasteiger partial charge >= 0.3 is 5.97 Å². The van der Waals surface area contributed by atoms with Gasteiger partial charge in [-0.2, -0.15) is 0 Å². The van der Waals surface area contributed by atoms with Crippen LogP contribution in [0.25, 0.3) is 0 Å². The molecule has 4 nitrogen and oxygen atoms in total. The van der Waals surface area contributed by atoms with Gasteiger partial charge in [-0.15, -0.1) is 0 Å². The molecule has 2 aliphatic carbocycles. The quantitative estimate of drug-likeness (QED) is 0.807. The van der Waals surface area contributed by atoms with E-state index in [0.29, 0.717) is 29.3 Å².